The summed E-state index contributed by atoms with van der Waals surface area (Å²) in [6.07, 6.45) is 1.65. The van der Waals surface area contributed by atoms with Crippen LogP contribution in [0.1, 0.15) is 10.6 Å². The Balaban J connectivity index is 1.84. The Kier molecular flexibility index (Phi) is 3.50. The first-order chi connectivity index (χ1) is 11.9. The van der Waals surface area contributed by atoms with Crippen molar-refractivity contribution in [2.45, 2.75) is 13.3 Å². The van der Waals surface area contributed by atoms with Gasteiger partial charge in [-0.25, -0.2) is 4.98 Å². The molecule has 3 heterocycles. The summed E-state index contributed by atoms with van der Waals surface area (Å²) >= 11 is 1.51. The van der Waals surface area contributed by atoms with Crippen LogP contribution in [-0.2, 0) is 16.0 Å². The van der Waals surface area contributed by atoms with Crippen LogP contribution in [0, 0.1) is 6.92 Å². The van der Waals surface area contributed by atoms with E-state index >= 15 is 0 Å². The van der Waals surface area contributed by atoms with Crippen LogP contribution >= 0.6 is 11.3 Å². The van der Waals surface area contributed by atoms with E-state index < -0.39 is 5.97 Å². The molecule has 0 aliphatic carbocycles. The van der Waals surface area contributed by atoms with E-state index in [-0.39, 0.29) is 18.9 Å². The van der Waals surface area contributed by atoms with Crippen LogP contribution in [0.25, 0.3) is 16.2 Å². The molecule has 4 rings (SSSR count). The molecule has 0 saturated heterocycles. The molecule has 0 radical (unpaired) electrons. The first-order valence-corrected chi connectivity index (χ1v) is 8.48. The van der Waals surface area contributed by atoms with Gasteiger partial charge in [0.25, 0.3) is 5.91 Å². The number of aromatic nitrogens is 2. The van der Waals surface area contributed by atoms with E-state index in [4.69, 9.17) is 9.84 Å². The first kappa shape index (κ1) is 15.6. The quantitative estimate of drug-likeness (QED) is 0.778. The fraction of sp³-hybridized carbons (Fsp3) is 0.235. The zero-order chi connectivity index (χ0) is 17.7. The van der Waals surface area contributed by atoms with E-state index in [2.05, 4.69) is 4.98 Å². The van der Waals surface area contributed by atoms with Gasteiger partial charge in [-0.2, -0.15) is 0 Å². The van der Waals surface area contributed by atoms with Gasteiger partial charge in [-0.15, -0.1) is 11.3 Å². The highest BCUT2D eigenvalue weighted by atomic mass is 32.1. The van der Waals surface area contributed by atoms with Gasteiger partial charge < -0.3 is 14.7 Å². The molecule has 0 fully saturated rings. The highest BCUT2D eigenvalue weighted by molar-refractivity contribution is 7.17. The zero-order valence-electron chi connectivity index (χ0n) is 13.6. The number of benzene rings is 1. The molecule has 1 aromatic carbocycles. The molecule has 7 nitrogen and oxygen atoms in total. The van der Waals surface area contributed by atoms with Crippen molar-refractivity contribution in [1.29, 1.82) is 0 Å². The van der Waals surface area contributed by atoms with Crippen LogP contribution in [0.2, 0.25) is 0 Å². The normalized spacial score (nSPS) is 13.8. The molecule has 1 aliphatic heterocycles. The van der Waals surface area contributed by atoms with Gasteiger partial charge in [0, 0.05) is 23.7 Å². The molecule has 0 bridgehead atoms. The molecule has 0 unspecified atom stereocenters. The number of thiazole rings is 1. The summed E-state index contributed by atoms with van der Waals surface area (Å²) in [5.41, 5.74) is 3.11. The third-order valence-electron chi connectivity index (χ3n) is 4.19. The smallest absolute Gasteiger partial charge is 0.309 e. The van der Waals surface area contributed by atoms with E-state index in [1.807, 2.05) is 29.5 Å². The standard InChI is InChI=1S/C17H15N3O4S/c1-9-16(20-7-11(6-15(22)23)18-17(20)25-9)10-3-4-13-12(5-10)19(2)14(21)8-24-13/h3-5,7H,6,8H2,1-2H3,(H,22,23). The highest BCUT2D eigenvalue weighted by Crippen LogP contribution is 2.38. The number of ether oxygens (including phenoxy) is 1. The lowest BCUT2D eigenvalue weighted by molar-refractivity contribution is -0.136. The second-order valence-corrected chi connectivity index (χ2v) is 7.07. The topological polar surface area (TPSA) is 84.1 Å². The number of carboxylic acid groups (broad SMARTS) is 1. The maximum Gasteiger partial charge on any atom is 0.309 e. The Morgan fingerprint density at radius 2 is 2.24 bits per heavy atom. The van der Waals surface area contributed by atoms with Crippen LogP contribution in [-0.4, -0.2) is 40.0 Å². The number of likely N-dealkylation sites (N-methyl/N-ethyl adjacent to an activating group) is 1. The molecule has 0 atom stereocenters. The Morgan fingerprint density at radius 1 is 1.44 bits per heavy atom. The van der Waals surface area contributed by atoms with Gasteiger partial charge in [0.2, 0.25) is 0 Å². The van der Waals surface area contributed by atoms with Gasteiger partial charge in [-0.3, -0.25) is 14.0 Å². The summed E-state index contributed by atoms with van der Waals surface area (Å²) in [4.78, 5) is 30.6. The van der Waals surface area contributed by atoms with Gasteiger partial charge in [0.05, 0.1) is 23.5 Å². The second kappa shape index (κ2) is 5.59. The SMILES string of the molecule is Cc1sc2nc(CC(=O)O)cn2c1-c1ccc2c(c1)N(C)C(=O)CO2. The van der Waals surface area contributed by atoms with Crippen LogP contribution in [0.15, 0.2) is 24.4 Å². The number of amides is 1. The fourth-order valence-electron chi connectivity index (χ4n) is 3.00. The zero-order valence-corrected chi connectivity index (χ0v) is 14.5. The summed E-state index contributed by atoms with van der Waals surface area (Å²) in [5, 5.41) is 8.96. The van der Waals surface area contributed by atoms with E-state index in [1.54, 1.807) is 18.1 Å². The number of carbonyl (C=O) groups is 2. The number of aliphatic carboxylic acids is 1. The van der Waals surface area contributed by atoms with Crippen molar-refractivity contribution in [3.63, 3.8) is 0 Å². The minimum absolute atomic E-state index is 0.0463. The fourth-order valence-corrected chi connectivity index (χ4v) is 3.99. The molecule has 25 heavy (non-hydrogen) atoms. The molecule has 2 aromatic heterocycles. The molecule has 1 aliphatic rings. The lowest BCUT2D eigenvalue weighted by atomic mass is 10.1. The molecule has 0 spiro atoms. The Hall–Kier alpha value is -2.87. The number of hydrogen-bond donors (Lipinski definition) is 1. The highest BCUT2D eigenvalue weighted by Gasteiger charge is 2.24. The number of imidazole rings is 1. The van der Waals surface area contributed by atoms with Crippen molar-refractivity contribution in [3.8, 4) is 17.0 Å². The van der Waals surface area contributed by atoms with E-state index in [9.17, 15) is 9.59 Å². The maximum atomic E-state index is 11.9. The lowest BCUT2D eigenvalue weighted by Crippen LogP contribution is -2.35. The number of anilines is 1. The maximum absolute atomic E-state index is 11.9. The van der Waals surface area contributed by atoms with Crippen molar-refractivity contribution in [3.05, 3.63) is 35.0 Å². The molecule has 1 N–H and O–H groups in total. The summed E-state index contributed by atoms with van der Waals surface area (Å²) in [6, 6.07) is 5.71. The Bertz CT molecular complexity index is 1020. The van der Waals surface area contributed by atoms with E-state index in [0.29, 0.717) is 11.4 Å². The lowest BCUT2D eigenvalue weighted by Gasteiger charge is -2.26. The summed E-state index contributed by atoms with van der Waals surface area (Å²) in [5.74, 6) is -0.328. The second-order valence-electron chi connectivity index (χ2n) is 5.89. The molecular formula is C17H15N3O4S. The largest absolute Gasteiger partial charge is 0.482 e. The van der Waals surface area contributed by atoms with Gasteiger partial charge in [-0.05, 0) is 25.1 Å². The first-order valence-electron chi connectivity index (χ1n) is 7.67. The van der Waals surface area contributed by atoms with Gasteiger partial charge in [0.15, 0.2) is 11.6 Å². The minimum atomic E-state index is -0.907. The molecule has 8 heteroatoms. The Labute approximate surface area is 147 Å². The van der Waals surface area contributed by atoms with Crippen LogP contribution in [0.4, 0.5) is 5.69 Å². The number of hydrogen-bond acceptors (Lipinski definition) is 5. The number of aryl methyl sites for hydroxylation is 1. The minimum Gasteiger partial charge on any atom is -0.482 e. The molecule has 0 saturated carbocycles. The van der Waals surface area contributed by atoms with Crippen LogP contribution in [0.5, 0.6) is 5.75 Å². The van der Waals surface area contributed by atoms with Crippen molar-refractivity contribution in [2.75, 3.05) is 18.6 Å². The average Bonchev–Trinajstić information content (AvgIpc) is 3.06. The van der Waals surface area contributed by atoms with Gasteiger partial charge in [0.1, 0.15) is 5.75 Å². The molecule has 3 aromatic rings. The van der Waals surface area contributed by atoms with Crippen LogP contribution < -0.4 is 9.64 Å². The Morgan fingerprint density at radius 3 is 3.00 bits per heavy atom. The van der Waals surface area contributed by atoms with E-state index in [1.165, 1.54) is 11.3 Å². The summed E-state index contributed by atoms with van der Waals surface area (Å²) in [7, 11) is 1.73. The molecule has 1 amide bonds. The third-order valence-corrected chi connectivity index (χ3v) is 5.16. The van der Waals surface area contributed by atoms with Crippen LogP contribution in [0.3, 0.4) is 0 Å². The van der Waals surface area contributed by atoms with Crippen molar-refractivity contribution in [2.24, 2.45) is 0 Å². The van der Waals surface area contributed by atoms with Gasteiger partial charge >= 0.3 is 5.97 Å². The van der Waals surface area contributed by atoms with Crippen molar-refractivity contribution in [1.82, 2.24) is 9.38 Å². The number of nitrogens with zero attached hydrogens (tertiary/aromatic N) is 3. The number of rotatable bonds is 3. The predicted molar refractivity (Wildman–Crippen MR) is 93.5 cm³/mol. The van der Waals surface area contributed by atoms with Crippen molar-refractivity contribution < 1.29 is 19.4 Å². The average molecular weight is 357 g/mol. The third kappa shape index (κ3) is 2.54. The molecule has 128 valence electrons. The summed E-state index contributed by atoms with van der Waals surface area (Å²) in [6.45, 7) is 2.04. The summed E-state index contributed by atoms with van der Waals surface area (Å²) < 4.78 is 7.38. The number of carbonyl (C=O) groups excluding carboxylic acids is 1. The monoisotopic (exact) mass is 357 g/mol. The van der Waals surface area contributed by atoms with Gasteiger partial charge in [-0.1, -0.05) is 0 Å². The van der Waals surface area contributed by atoms with E-state index in [0.717, 1.165) is 26.8 Å². The number of carboxylic acids is 1. The number of fused-ring (bicyclic) bond motifs is 2. The van der Waals surface area contributed by atoms with Crippen molar-refractivity contribution >= 4 is 33.9 Å². The molecular weight excluding hydrogens is 342 g/mol. The predicted octanol–water partition coefficient (Wildman–Crippen LogP) is 2.35.